The fourth-order valence-corrected chi connectivity index (χ4v) is 1.61. The second-order valence-electron chi connectivity index (χ2n) is 4.25. The lowest BCUT2D eigenvalue weighted by Gasteiger charge is -2.15. The van der Waals surface area contributed by atoms with E-state index < -0.39 is 11.0 Å². The minimum atomic E-state index is -0.686. The van der Waals surface area contributed by atoms with Crippen LogP contribution in [0.4, 0.5) is 11.4 Å². The molecule has 1 aromatic carbocycles. The number of nitrogens with zero attached hydrogens (tertiary/aromatic N) is 2. The first-order valence-corrected chi connectivity index (χ1v) is 6.21. The maximum absolute atomic E-state index is 11.8. The predicted molar refractivity (Wildman–Crippen MR) is 75.8 cm³/mol. The van der Waals surface area contributed by atoms with Gasteiger partial charge in [-0.3, -0.25) is 14.9 Å². The first-order valence-electron chi connectivity index (χ1n) is 6.21. The van der Waals surface area contributed by atoms with E-state index in [0.29, 0.717) is 13.2 Å². The summed E-state index contributed by atoms with van der Waals surface area (Å²) in [4.78, 5) is 22.2. The van der Waals surface area contributed by atoms with Crippen LogP contribution >= 0.6 is 0 Å². The molecule has 0 aliphatic heterocycles. The van der Waals surface area contributed by atoms with Crippen molar-refractivity contribution < 1.29 is 14.5 Å². The lowest BCUT2D eigenvalue weighted by Crippen LogP contribution is -2.39. The number of carbonyl (C=O) groups is 1. The van der Waals surface area contributed by atoms with Crippen LogP contribution in [-0.4, -0.2) is 37.1 Å². The number of ether oxygens (including phenoxy) is 1. The zero-order valence-electron chi connectivity index (χ0n) is 11.8. The zero-order valence-corrected chi connectivity index (χ0v) is 11.8. The second-order valence-corrected chi connectivity index (χ2v) is 4.25. The van der Waals surface area contributed by atoms with Crippen molar-refractivity contribution in [2.75, 3.05) is 25.6 Å². The monoisotopic (exact) mass is 292 g/mol. The van der Waals surface area contributed by atoms with Gasteiger partial charge in [0.25, 0.3) is 5.69 Å². The molecule has 1 amide bonds. The van der Waals surface area contributed by atoms with Gasteiger partial charge in [0.05, 0.1) is 23.2 Å². The number of carbonyl (C=O) groups excluding carboxylic acids is 1. The van der Waals surface area contributed by atoms with Crippen molar-refractivity contribution in [2.45, 2.75) is 13.0 Å². The lowest BCUT2D eigenvalue weighted by molar-refractivity contribution is -0.384. The van der Waals surface area contributed by atoms with Crippen molar-refractivity contribution in [3.8, 4) is 6.07 Å². The largest absolute Gasteiger partial charge is 0.383 e. The van der Waals surface area contributed by atoms with Gasteiger partial charge in [-0.25, -0.2) is 0 Å². The third kappa shape index (κ3) is 4.74. The Bertz CT molecular complexity index is 568. The molecule has 8 heteroatoms. The summed E-state index contributed by atoms with van der Waals surface area (Å²) in [6, 6.07) is 5.14. The number of benzene rings is 1. The fourth-order valence-electron chi connectivity index (χ4n) is 1.61. The van der Waals surface area contributed by atoms with E-state index >= 15 is 0 Å². The summed E-state index contributed by atoms with van der Waals surface area (Å²) >= 11 is 0. The van der Waals surface area contributed by atoms with E-state index in [1.807, 2.05) is 6.07 Å². The van der Waals surface area contributed by atoms with Crippen molar-refractivity contribution in [3.05, 3.63) is 33.9 Å². The number of anilines is 1. The number of nitro groups is 1. The predicted octanol–water partition coefficient (Wildman–Crippen LogP) is 1.03. The first kappa shape index (κ1) is 16.4. The molecule has 21 heavy (non-hydrogen) atoms. The van der Waals surface area contributed by atoms with Gasteiger partial charge in [-0.2, -0.15) is 5.26 Å². The molecular weight excluding hydrogens is 276 g/mol. The Morgan fingerprint density at radius 2 is 2.29 bits per heavy atom. The highest BCUT2D eigenvalue weighted by Gasteiger charge is 2.19. The molecule has 0 saturated carbocycles. The highest BCUT2D eigenvalue weighted by atomic mass is 16.6. The highest BCUT2D eigenvalue weighted by molar-refractivity contribution is 5.85. The Morgan fingerprint density at radius 3 is 2.86 bits per heavy atom. The van der Waals surface area contributed by atoms with Crippen molar-refractivity contribution in [1.82, 2.24) is 5.32 Å². The van der Waals surface area contributed by atoms with E-state index in [0.717, 1.165) is 0 Å². The standard InChI is InChI=1S/C13H16N4O4/c1-9(13(18)15-5-6-21-2)16-11-7-10(8-14)3-4-12(11)17(19)20/h3-4,7,9,16H,5-6H2,1-2H3,(H,15,18). The summed E-state index contributed by atoms with van der Waals surface area (Å²) in [5.74, 6) is -0.316. The van der Waals surface area contributed by atoms with Gasteiger partial charge in [-0.1, -0.05) is 0 Å². The molecule has 0 radical (unpaired) electrons. The molecule has 0 aliphatic carbocycles. The van der Waals surface area contributed by atoms with Gasteiger partial charge in [-0.05, 0) is 19.1 Å². The van der Waals surface area contributed by atoms with E-state index in [2.05, 4.69) is 10.6 Å². The molecule has 0 spiro atoms. The molecule has 0 aliphatic rings. The molecule has 2 N–H and O–H groups in total. The Morgan fingerprint density at radius 1 is 1.57 bits per heavy atom. The van der Waals surface area contributed by atoms with Gasteiger partial charge >= 0.3 is 0 Å². The number of amides is 1. The summed E-state index contributed by atoms with van der Waals surface area (Å²) in [6.07, 6.45) is 0. The minimum Gasteiger partial charge on any atom is -0.383 e. The van der Waals surface area contributed by atoms with Gasteiger partial charge in [-0.15, -0.1) is 0 Å². The number of methoxy groups -OCH3 is 1. The normalized spacial score (nSPS) is 11.3. The van der Waals surface area contributed by atoms with Crippen LogP contribution in [0.5, 0.6) is 0 Å². The van der Waals surface area contributed by atoms with Crippen LogP contribution in [0.2, 0.25) is 0 Å². The minimum absolute atomic E-state index is 0.133. The highest BCUT2D eigenvalue weighted by Crippen LogP contribution is 2.25. The fraction of sp³-hybridized carbons (Fsp3) is 0.385. The molecule has 8 nitrogen and oxygen atoms in total. The number of rotatable bonds is 7. The summed E-state index contributed by atoms with van der Waals surface area (Å²) < 4.78 is 4.81. The third-order valence-electron chi connectivity index (χ3n) is 2.69. The molecular formula is C13H16N4O4. The summed E-state index contributed by atoms with van der Waals surface area (Å²) in [7, 11) is 1.52. The van der Waals surface area contributed by atoms with Crippen molar-refractivity contribution in [3.63, 3.8) is 0 Å². The lowest BCUT2D eigenvalue weighted by atomic mass is 10.1. The van der Waals surface area contributed by atoms with E-state index in [9.17, 15) is 14.9 Å². The Labute approximate surface area is 121 Å². The maximum atomic E-state index is 11.8. The van der Waals surface area contributed by atoms with Crippen LogP contribution in [0.3, 0.4) is 0 Å². The van der Waals surface area contributed by atoms with Crippen LogP contribution in [0, 0.1) is 21.4 Å². The summed E-state index contributed by atoms with van der Waals surface area (Å²) in [6.45, 7) is 2.30. The van der Waals surface area contributed by atoms with Crippen LogP contribution < -0.4 is 10.6 Å². The zero-order chi connectivity index (χ0) is 15.8. The molecule has 0 bridgehead atoms. The number of hydrogen-bond acceptors (Lipinski definition) is 6. The van der Waals surface area contributed by atoms with Crippen LogP contribution in [-0.2, 0) is 9.53 Å². The average Bonchev–Trinajstić information content (AvgIpc) is 2.46. The Kier molecular flexibility index (Phi) is 6.10. The Balaban J connectivity index is 2.83. The van der Waals surface area contributed by atoms with E-state index in [4.69, 9.17) is 10.00 Å². The summed E-state index contributed by atoms with van der Waals surface area (Å²) in [5, 5.41) is 25.2. The number of nitro benzene ring substituents is 1. The van der Waals surface area contributed by atoms with Crippen LogP contribution in [0.1, 0.15) is 12.5 Å². The molecule has 0 aromatic heterocycles. The van der Waals surface area contributed by atoms with Crippen LogP contribution in [0.25, 0.3) is 0 Å². The van der Waals surface area contributed by atoms with Crippen molar-refractivity contribution >= 4 is 17.3 Å². The smallest absolute Gasteiger partial charge is 0.292 e. The summed E-state index contributed by atoms with van der Waals surface area (Å²) in [5.41, 5.74) is 0.217. The SMILES string of the molecule is COCCNC(=O)C(C)Nc1cc(C#N)ccc1[N+](=O)[O-]. The molecule has 0 saturated heterocycles. The van der Waals surface area contributed by atoms with E-state index in [-0.39, 0.29) is 22.8 Å². The second kappa shape index (κ2) is 7.81. The number of nitrogens with one attached hydrogen (secondary N) is 2. The molecule has 0 fully saturated rings. The molecule has 1 atom stereocenters. The first-order chi connectivity index (χ1) is 9.99. The molecule has 1 rings (SSSR count). The molecule has 112 valence electrons. The van der Waals surface area contributed by atoms with Gasteiger partial charge in [0.15, 0.2) is 0 Å². The maximum Gasteiger partial charge on any atom is 0.292 e. The molecule has 1 aromatic rings. The molecule has 0 heterocycles. The van der Waals surface area contributed by atoms with Gasteiger partial charge in [0, 0.05) is 19.7 Å². The quantitative estimate of drug-likeness (QED) is 0.440. The Hall–Kier alpha value is -2.66. The molecule has 1 unspecified atom stereocenters. The van der Waals surface area contributed by atoms with Crippen molar-refractivity contribution in [1.29, 1.82) is 5.26 Å². The topological polar surface area (TPSA) is 117 Å². The van der Waals surface area contributed by atoms with Gasteiger partial charge in [0.2, 0.25) is 5.91 Å². The van der Waals surface area contributed by atoms with Crippen LogP contribution in [0.15, 0.2) is 18.2 Å². The third-order valence-corrected chi connectivity index (χ3v) is 2.69. The van der Waals surface area contributed by atoms with E-state index in [1.54, 1.807) is 6.92 Å². The van der Waals surface area contributed by atoms with Gasteiger partial charge in [0.1, 0.15) is 11.7 Å². The number of hydrogen-bond donors (Lipinski definition) is 2. The average molecular weight is 292 g/mol. The van der Waals surface area contributed by atoms with Gasteiger partial charge < -0.3 is 15.4 Å². The number of nitriles is 1. The van der Waals surface area contributed by atoms with E-state index in [1.165, 1.54) is 25.3 Å². The van der Waals surface area contributed by atoms with Crippen molar-refractivity contribution in [2.24, 2.45) is 0 Å².